The number of nitrogens with two attached hydrogens (primary N) is 1. The van der Waals surface area contributed by atoms with Crippen molar-refractivity contribution in [3.8, 4) is 0 Å². The lowest BCUT2D eigenvalue weighted by Gasteiger charge is -2.34. The van der Waals surface area contributed by atoms with Gasteiger partial charge >= 0.3 is 0 Å². The third-order valence-electron chi connectivity index (χ3n) is 3.27. The highest BCUT2D eigenvalue weighted by Crippen LogP contribution is 2.26. The SMILES string of the molecule is CC(C)c1nnc(N2CCO[C@@H](CN(C)CC(N)=O)C2)s1. The number of nitrogens with zero attached hydrogens (tertiary/aromatic N) is 4. The predicted octanol–water partition coefficient (Wildman–Crippen LogP) is 0.284. The fourth-order valence-corrected chi connectivity index (χ4v) is 3.15. The molecule has 118 valence electrons. The van der Waals surface area contributed by atoms with Crippen LogP contribution in [0, 0.1) is 0 Å². The second-order valence-electron chi connectivity index (χ2n) is 5.68. The van der Waals surface area contributed by atoms with Crippen LogP contribution in [0.25, 0.3) is 0 Å². The first-order chi connectivity index (χ1) is 9.95. The molecule has 1 saturated heterocycles. The Hall–Kier alpha value is -1.25. The van der Waals surface area contributed by atoms with Gasteiger partial charge in [-0.1, -0.05) is 25.2 Å². The number of morpholine rings is 1. The van der Waals surface area contributed by atoms with E-state index < -0.39 is 0 Å². The maximum atomic E-state index is 10.9. The van der Waals surface area contributed by atoms with Crippen LogP contribution in [0.1, 0.15) is 24.8 Å². The number of hydrogen-bond donors (Lipinski definition) is 1. The minimum atomic E-state index is -0.323. The lowest BCUT2D eigenvalue weighted by atomic mass is 10.2. The van der Waals surface area contributed by atoms with E-state index in [4.69, 9.17) is 10.5 Å². The Labute approximate surface area is 129 Å². The molecular weight excluding hydrogens is 290 g/mol. The van der Waals surface area contributed by atoms with Crippen molar-refractivity contribution in [2.24, 2.45) is 5.73 Å². The highest BCUT2D eigenvalue weighted by Gasteiger charge is 2.24. The Morgan fingerprint density at radius 3 is 2.95 bits per heavy atom. The van der Waals surface area contributed by atoms with E-state index in [0.29, 0.717) is 19.1 Å². The number of aromatic nitrogens is 2. The third-order valence-corrected chi connectivity index (χ3v) is 4.56. The Balaban J connectivity index is 1.92. The number of carbonyl (C=O) groups excluding carboxylic acids is 1. The van der Waals surface area contributed by atoms with Crippen molar-refractivity contribution < 1.29 is 9.53 Å². The molecule has 0 bridgehead atoms. The first kappa shape index (κ1) is 16.1. The van der Waals surface area contributed by atoms with Crippen molar-refractivity contribution >= 4 is 22.4 Å². The highest BCUT2D eigenvalue weighted by molar-refractivity contribution is 7.15. The average Bonchev–Trinajstić information content (AvgIpc) is 2.87. The van der Waals surface area contributed by atoms with Gasteiger partial charge in [0.1, 0.15) is 5.01 Å². The van der Waals surface area contributed by atoms with Crippen LogP contribution in [0.15, 0.2) is 0 Å². The second-order valence-corrected chi connectivity index (χ2v) is 6.67. The average molecular weight is 313 g/mol. The summed E-state index contributed by atoms with van der Waals surface area (Å²) < 4.78 is 5.76. The molecule has 2 heterocycles. The zero-order chi connectivity index (χ0) is 15.4. The third kappa shape index (κ3) is 4.62. The van der Waals surface area contributed by atoms with Gasteiger partial charge in [0.05, 0.1) is 19.3 Å². The quantitative estimate of drug-likeness (QED) is 0.812. The molecule has 0 radical (unpaired) electrons. The van der Waals surface area contributed by atoms with Gasteiger partial charge in [-0.15, -0.1) is 10.2 Å². The molecule has 7 nitrogen and oxygen atoms in total. The van der Waals surface area contributed by atoms with Gasteiger partial charge in [0.15, 0.2) is 0 Å². The van der Waals surface area contributed by atoms with E-state index in [1.165, 1.54) is 0 Å². The maximum absolute atomic E-state index is 10.9. The van der Waals surface area contributed by atoms with E-state index in [1.807, 2.05) is 11.9 Å². The molecule has 1 amide bonds. The van der Waals surface area contributed by atoms with Gasteiger partial charge in [0.25, 0.3) is 0 Å². The van der Waals surface area contributed by atoms with Gasteiger partial charge in [-0.05, 0) is 7.05 Å². The fraction of sp³-hybridized carbons (Fsp3) is 0.769. The Morgan fingerprint density at radius 1 is 1.57 bits per heavy atom. The summed E-state index contributed by atoms with van der Waals surface area (Å²) in [4.78, 5) is 15.0. The first-order valence-corrected chi connectivity index (χ1v) is 7.94. The van der Waals surface area contributed by atoms with Crippen LogP contribution in [0.4, 0.5) is 5.13 Å². The summed E-state index contributed by atoms with van der Waals surface area (Å²) in [6.07, 6.45) is 0.0505. The topological polar surface area (TPSA) is 84.6 Å². The molecule has 8 heteroatoms. The van der Waals surface area contributed by atoms with E-state index >= 15 is 0 Å². The molecule has 1 aromatic rings. The second kappa shape index (κ2) is 7.15. The molecule has 1 aliphatic rings. The van der Waals surface area contributed by atoms with Crippen molar-refractivity contribution in [2.75, 3.05) is 44.7 Å². The van der Waals surface area contributed by atoms with Crippen molar-refractivity contribution in [1.82, 2.24) is 15.1 Å². The fourth-order valence-electron chi connectivity index (χ4n) is 2.27. The molecule has 0 saturated carbocycles. The van der Waals surface area contributed by atoms with E-state index in [9.17, 15) is 4.79 Å². The first-order valence-electron chi connectivity index (χ1n) is 7.12. The number of rotatable bonds is 6. The van der Waals surface area contributed by atoms with Crippen LogP contribution in [0.5, 0.6) is 0 Å². The van der Waals surface area contributed by atoms with Gasteiger partial charge in [0, 0.05) is 25.6 Å². The van der Waals surface area contributed by atoms with Gasteiger partial charge in [-0.3, -0.25) is 9.69 Å². The molecule has 1 aromatic heterocycles. The zero-order valence-electron chi connectivity index (χ0n) is 12.8. The smallest absolute Gasteiger partial charge is 0.231 e. The van der Waals surface area contributed by atoms with Crippen LogP contribution >= 0.6 is 11.3 Å². The van der Waals surface area contributed by atoms with E-state index in [2.05, 4.69) is 28.9 Å². The van der Waals surface area contributed by atoms with Gasteiger partial charge in [-0.2, -0.15) is 0 Å². The molecule has 1 atom stereocenters. The van der Waals surface area contributed by atoms with Crippen molar-refractivity contribution in [1.29, 1.82) is 0 Å². The summed E-state index contributed by atoms with van der Waals surface area (Å²) in [5, 5.41) is 10.5. The summed E-state index contributed by atoms with van der Waals surface area (Å²) >= 11 is 1.64. The van der Waals surface area contributed by atoms with Crippen LogP contribution in [0.2, 0.25) is 0 Å². The monoisotopic (exact) mass is 313 g/mol. The zero-order valence-corrected chi connectivity index (χ0v) is 13.6. The molecular formula is C13H23N5O2S. The number of likely N-dealkylation sites (N-methyl/N-ethyl adjacent to an activating group) is 1. The molecule has 0 aromatic carbocycles. The predicted molar refractivity (Wildman–Crippen MR) is 82.6 cm³/mol. The lowest BCUT2D eigenvalue weighted by Crippen LogP contribution is -2.48. The Kier molecular flexibility index (Phi) is 5.49. The highest BCUT2D eigenvalue weighted by atomic mass is 32.1. The number of hydrogen-bond acceptors (Lipinski definition) is 7. The van der Waals surface area contributed by atoms with E-state index in [-0.39, 0.29) is 18.6 Å². The van der Waals surface area contributed by atoms with E-state index in [1.54, 1.807) is 11.3 Å². The van der Waals surface area contributed by atoms with E-state index in [0.717, 1.165) is 23.2 Å². The number of amides is 1. The van der Waals surface area contributed by atoms with Crippen molar-refractivity contribution in [3.63, 3.8) is 0 Å². The summed E-state index contributed by atoms with van der Waals surface area (Å²) in [7, 11) is 1.87. The van der Waals surface area contributed by atoms with Crippen molar-refractivity contribution in [3.05, 3.63) is 5.01 Å². The number of ether oxygens (including phenoxy) is 1. The lowest BCUT2D eigenvalue weighted by molar-refractivity contribution is -0.119. The number of carbonyl (C=O) groups is 1. The molecule has 2 N–H and O–H groups in total. The minimum absolute atomic E-state index is 0.0505. The molecule has 0 unspecified atom stereocenters. The van der Waals surface area contributed by atoms with Gasteiger partial charge in [0.2, 0.25) is 11.0 Å². The summed E-state index contributed by atoms with van der Waals surface area (Å²) in [6.45, 7) is 7.39. The standard InChI is InChI=1S/C13H23N5O2S/c1-9(2)12-15-16-13(21-12)18-4-5-20-10(7-18)6-17(3)8-11(14)19/h9-10H,4-8H2,1-3H3,(H2,14,19)/t10-/m0/s1. The van der Waals surface area contributed by atoms with Gasteiger partial charge < -0.3 is 15.4 Å². The molecule has 21 heavy (non-hydrogen) atoms. The summed E-state index contributed by atoms with van der Waals surface area (Å²) in [6, 6.07) is 0. The Bertz CT molecular complexity index is 479. The van der Waals surface area contributed by atoms with Gasteiger partial charge in [-0.25, -0.2) is 0 Å². The number of anilines is 1. The van der Waals surface area contributed by atoms with Crippen LogP contribution in [-0.2, 0) is 9.53 Å². The molecule has 0 aliphatic carbocycles. The van der Waals surface area contributed by atoms with Crippen LogP contribution in [-0.4, -0.2) is 66.9 Å². The number of primary amides is 1. The largest absolute Gasteiger partial charge is 0.373 e. The normalized spacial score (nSPS) is 19.5. The molecule has 1 aliphatic heterocycles. The minimum Gasteiger partial charge on any atom is -0.373 e. The van der Waals surface area contributed by atoms with Crippen molar-refractivity contribution in [2.45, 2.75) is 25.9 Å². The Morgan fingerprint density at radius 2 is 2.33 bits per heavy atom. The molecule has 0 spiro atoms. The van der Waals surface area contributed by atoms with Crippen LogP contribution in [0.3, 0.4) is 0 Å². The summed E-state index contributed by atoms with van der Waals surface area (Å²) in [5.41, 5.74) is 5.20. The molecule has 1 fully saturated rings. The summed E-state index contributed by atoms with van der Waals surface area (Å²) in [5.74, 6) is 0.0747. The molecule has 2 rings (SSSR count). The maximum Gasteiger partial charge on any atom is 0.231 e. The van der Waals surface area contributed by atoms with Crippen LogP contribution < -0.4 is 10.6 Å².